The minimum Gasteiger partial charge on any atom is -0.497 e. The lowest BCUT2D eigenvalue weighted by atomic mass is 10.1. The highest BCUT2D eigenvalue weighted by atomic mass is 32.2. The van der Waals surface area contributed by atoms with E-state index in [2.05, 4.69) is 21.8 Å². The van der Waals surface area contributed by atoms with Gasteiger partial charge in [0.1, 0.15) is 5.75 Å². The minimum absolute atomic E-state index is 0.140. The van der Waals surface area contributed by atoms with Gasteiger partial charge in [-0.05, 0) is 49.9 Å². The fraction of sp³-hybridized carbons (Fsp3) is 0.684. The Hall–Kier alpha value is -1.15. The average molecular weight is 382 g/mol. The maximum absolute atomic E-state index is 12.5. The molecule has 0 aromatic heterocycles. The van der Waals surface area contributed by atoms with E-state index >= 15 is 0 Å². The Bertz CT molecular complexity index is 666. The molecule has 3 rings (SSSR count). The van der Waals surface area contributed by atoms with Crippen LogP contribution >= 0.6 is 0 Å². The van der Waals surface area contributed by atoms with E-state index in [1.54, 1.807) is 11.4 Å². The highest BCUT2D eigenvalue weighted by molar-refractivity contribution is 7.87. The van der Waals surface area contributed by atoms with Crippen LogP contribution in [-0.4, -0.2) is 63.5 Å². The van der Waals surface area contributed by atoms with E-state index in [-0.39, 0.29) is 6.04 Å². The van der Waals surface area contributed by atoms with Gasteiger partial charge in [-0.3, -0.25) is 0 Å². The summed E-state index contributed by atoms with van der Waals surface area (Å²) in [6, 6.07) is 8.33. The second-order valence-corrected chi connectivity index (χ2v) is 9.00. The summed E-state index contributed by atoms with van der Waals surface area (Å²) in [5, 5.41) is 0. The Balaban J connectivity index is 1.39. The molecule has 1 aliphatic carbocycles. The molecule has 0 radical (unpaired) electrons. The molecule has 2 aliphatic rings. The lowest BCUT2D eigenvalue weighted by Crippen LogP contribution is -2.53. The highest BCUT2D eigenvalue weighted by Gasteiger charge is 2.29. The molecule has 1 saturated carbocycles. The van der Waals surface area contributed by atoms with E-state index in [9.17, 15) is 8.42 Å². The van der Waals surface area contributed by atoms with E-state index in [0.717, 1.165) is 63.9 Å². The third kappa shape index (κ3) is 5.42. The van der Waals surface area contributed by atoms with Crippen molar-refractivity contribution in [2.45, 2.75) is 44.6 Å². The molecule has 1 aromatic rings. The van der Waals surface area contributed by atoms with Crippen LogP contribution in [0.5, 0.6) is 5.75 Å². The van der Waals surface area contributed by atoms with Gasteiger partial charge in [0.05, 0.1) is 7.11 Å². The summed E-state index contributed by atoms with van der Waals surface area (Å²) in [6.45, 7) is 3.79. The zero-order chi connectivity index (χ0) is 18.4. The smallest absolute Gasteiger partial charge is 0.279 e. The first-order valence-electron chi connectivity index (χ1n) is 9.69. The number of piperazine rings is 1. The molecular formula is C19H31N3O3S. The van der Waals surface area contributed by atoms with Gasteiger partial charge in [0.25, 0.3) is 10.2 Å². The summed E-state index contributed by atoms with van der Waals surface area (Å²) in [5.41, 5.74) is 1.28. The van der Waals surface area contributed by atoms with E-state index in [1.165, 1.54) is 5.56 Å². The van der Waals surface area contributed by atoms with Crippen molar-refractivity contribution in [1.82, 2.24) is 13.9 Å². The molecule has 0 atom stereocenters. The molecule has 0 unspecified atom stereocenters. The van der Waals surface area contributed by atoms with Crippen molar-refractivity contribution in [3.05, 3.63) is 29.8 Å². The summed E-state index contributed by atoms with van der Waals surface area (Å²) in [4.78, 5) is 2.36. The molecule has 1 heterocycles. The number of hydrogen-bond donors (Lipinski definition) is 1. The van der Waals surface area contributed by atoms with Crippen molar-refractivity contribution in [3.63, 3.8) is 0 Å². The summed E-state index contributed by atoms with van der Waals surface area (Å²) in [6.07, 6.45) is 6.30. The summed E-state index contributed by atoms with van der Waals surface area (Å²) in [5.74, 6) is 0.899. The molecule has 26 heavy (non-hydrogen) atoms. The van der Waals surface area contributed by atoms with Crippen LogP contribution in [0, 0.1) is 0 Å². The monoisotopic (exact) mass is 381 g/mol. The number of methoxy groups -OCH3 is 1. The predicted molar refractivity (Wildman–Crippen MR) is 104 cm³/mol. The lowest BCUT2D eigenvalue weighted by Gasteiger charge is -2.34. The second kappa shape index (κ2) is 9.17. The number of ether oxygens (including phenoxy) is 1. The Kier molecular flexibility index (Phi) is 6.92. The van der Waals surface area contributed by atoms with Gasteiger partial charge in [0.15, 0.2) is 0 Å². The van der Waals surface area contributed by atoms with Crippen LogP contribution in [0.3, 0.4) is 0 Å². The summed E-state index contributed by atoms with van der Waals surface area (Å²) >= 11 is 0. The van der Waals surface area contributed by atoms with Crippen molar-refractivity contribution in [1.29, 1.82) is 0 Å². The van der Waals surface area contributed by atoms with Gasteiger partial charge < -0.3 is 9.64 Å². The molecule has 1 N–H and O–H groups in total. The zero-order valence-corrected chi connectivity index (χ0v) is 16.5. The first-order valence-corrected chi connectivity index (χ1v) is 11.1. The van der Waals surface area contributed by atoms with Crippen LogP contribution in [0.25, 0.3) is 0 Å². The topological polar surface area (TPSA) is 61.9 Å². The van der Waals surface area contributed by atoms with E-state index < -0.39 is 10.2 Å². The van der Waals surface area contributed by atoms with Gasteiger partial charge in [-0.15, -0.1) is 0 Å². The van der Waals surface area contributed by atoms with Gasteiger partial charge >= 0.3 is 0 Å². The van der Waals surface area contributed by atoms with Crippen molar-refractivity contribution in [2.75, 3.05) is 39.8 Å². The third-order valence-electron chi connectivity index (χ3n) is 5.42. The fourth-order valence-corrected chi connectivity index (χ4v) is 5.31. The quantitative estimate of drug-likeness (QED) is 0.748. The molecule has 7 heteroatoms. The first kappa shape index (κ1) is 19.6. The maximum Gasteiger partial charge on any atom is 0.279 e. The van der Waals surface area contributed by atoms with Crippen molar-refractivity contribution < 1.29 is 13.2 Å². The van der Waals surface area contributed by atoms with Crippen LogP contribution < -0.4 is 9.46 Å². The van der Waals surface area contributed by atoms with Crippen LogP contribution in [0.4, 0.5) is 0 Å². The molecular weight excluding hydrogens is 350 g/mol. The van der Waals surface area contributed by atoms with Crippen LogP contribution in [0.2, 0.25) is 0 Å². The van der Waals surface area contributed by atoms with E-state index in [1.807, 2.05) is 12.1 Å². The Morgan fingerprint density at radius 1 is 1.15 bits per heavy atom. The van der Waals surface area contributed by atoms with Crippen LogP contribution in [0.15, 0.2) is 24.3 Å². The number of aryl methyl sites for hydroxylation is 1. The van der Waals surface area contributed by atoms with Gasteiger partial charge in [0.2, 0.25) is 0 Å². The molecule has 2 fully saturated rings. The summed E-state index contributed by atoms with van der Waals surface area (Å²) in [7, 11) is -1.63. The largest absolute Gasteiger partial charge is 0.497 e. The third-order valence-corrected chi connectivity index (χ3v) is 7.09. The molecule has 6 nitrogen and oxygen atoms in total. The van der Waals surface area contributed by atoms with Gasteiger partial charge in [0, 0.05) is 32.2 Å². The van der Waals surface area contributed by atoms with Gasteiger partial charge in [-0.25, -0.2) is 0 Å². The minimum atomic E-state index is -3.32. The summed E-state index contributed by atoms with van der Waals surface area (Å²) < 4.78 is 34.7. The Morgan fingerprint density at radius 3 is 2.58 bits per heavy atom. The number of nitrogens with one attached hydrogen (secondary N) is 1. The molecule has 0 bridgehead atoms. The molecule has 1 aromatic carbocycles. The Labute approximate surface area is 157 Å². The van der Waals surface area contributed by atoms with Gasteiger partial charge in [-0.1, -0.05) is 25.0 Å². The first-order chi connectivity index (χ1) is 12.6. The average Bonchev–Trinajstić information content (AvgIpc) is 3.15. The SMILES string of the molecule is COc1cccc(CCCN2CCN(S(=O)(=O)NC3CCCC3)CC2)c1. The van der Waals surface area contributed by atoms with Gasteiger partial charge in [-0.2, -0.15) is 17.4 Å². The van der Waals surface area contributed by atoms with E-state index in [0.29, 0.717) is 13.1 Å². The number of nitrogens with zero attached hydrogens (tertiary/aromatic N) is 2. The lowest BCUT2D eigenvalue weighted by molar-refractivity contribution is 0.185. The molecule has 1 saturated heterocycles. The predicted octanol–water partition coefficient (Wildman–Crippen LogP) is 2.02. The Morgan fingerprint density at radius 2 is 1.88 bits per heavy atom. The zero-order valence-electron chi connectivity index (χ0n) is 15.7. The standard InChI is InChI=1S/C19H31N3O3S/c1-25-19-10-4-6-17(16-19)7-5-11-21-12-14-22(15-13-21)26(23,24)20-18-8-2-3-9-18/h4,6,10,16,18,20H,2-3,5,7-9,11-15H2,1H3. The van der Waals surface area contributed by atoms with Crippen LogP contribution in [0.1, 0.15) is 37.7 Å². The van der Waals surface area contributed by atoms with E-state index in [4.69, 9.17) is 4.74 Å². The fourth-order valence-electron chi connectivity index (χ4n) is 3.86. The van der Waals surface area contributed by atoms with Crippen LogP contribution in [-0.2, 0) is 16.6 Å². The number of benzene rings is 1. The molecule has 0 amide bonds. The normalized spacial score (nSPS) is 20.5. The number of rotatable bonds is 8. The van der Waals surface area contributed by atoms with Crippen molar-refractivity contribution in [3.8, 4) is 5.75 Å². The second-order valence-electron chi connectivity index (χ2n) is 7.30. The van der Waals surface area contributed by atoms with Crippen molar-refractivity contribution in [2.24, 2.45) is 0 Å². The molecule has 146 valence electrons. The highest BCUT2D eigenvalue weighted by Crippen LogP contribution is 2.19. The molecule has 0 spiro atoms. The number of hydrogen-bond acceptors (Lipinski definition) is 4. The maximum atomic E-state index is 12.5. The van der Waals surface area contributed by atoms with Crippen molar-refractivity contribution >= 4 is 10.2 Å². The molecule has 1 aliphatic heterocycles.